The van der Waals surface area contributed by atoms with Crippen LogP contribution in [0.3, 0.4) is 0 Å². The van der Waals surface area contributed by atoms with Gasteiger partial charge in [0, 0.05) is 17.5 Å². The molecule has 2 fully saturated rings. The van der Waals surface area contributed by atoms with Crippen molar-refractivity contribution in [3.63, 3.8) is 0 Å². The number of hydrogen-bond donors (Lipinski definition) is 0. The first-order valence-electron chi connectivity index (χ1n) is 9.96. The normalized spacial score (nSPS) is 25.6. The van der Waals surface area contributed by atoms with Gasteiger partial charge in [-0.1, -0.05) is 41.5 Å². The SMILES string of the molecule is [N-]=[N+]=N[C@H]1CCN2C[C@H](OC(=O)c3ccccc3)[C@@H](OC(=O)c3ccccc3)[C@@H]2C1. The average Bonchev–Trinajstić information content (AvgIpc) is 3.11. The molecule has 0 radical (unpaired) electrons. The van der Waals surface area contributed by atoms with E-state index in [2.05, 4.69) is 14.9 Å². The molecule has 0 unspecified atom stereocenters. The van der Waals surface area contributed by atoms with Gasteiger partial charge in [0.25, 0.3) is 0 Å². The number of ether oxygens (including phenoxy) is 2. The lowest BCUT2D eigenvalue weighted by molar-refractivity contribution is -0.0284. The Balaban J connectivity index is 1.55. The van der Waals surface area contributed by atoms with E-state index in [-0.39, 0.29) is 12.1 Å². The van der Waals surface area contributed by atoms with Crippen LogP contribution < -0.4 is 0 Å². The first kappa shape index (κ1) is 19.9. The van der Waals surface area contributed by atoms with Crippen LogP contribution in [0.4, 0.5) is 0 Å². The summed E-state index contributed by atoms with van der Waals surface area (Å²) < 4.78 is 11.6. The molecule has 2 saturated heterocycles. The molecule has 0 saturated carbocycles. The largest absolute Gasteiger partial charge is 0.453 e. The van der Waals surface area contributed by atoms with Crippen LogP contribution in [0, 0.1) is 0 Å². The number of hydrogen-bond acceptors (Lipinski definition) is 6. The second-order valence-corrected chi connectivity index (χ2v) is 7.49. The van der Waals surface area contributed by atoms with Crippen molar-refractivity contribution >= 4 is 11.9 Å². The molecule has 2 aromatic carbocycles. The highest BCUT2D eigenvalue weighted by Gasteiger charge is 2.48. The first-order chi connectivity index (χ1) is 14.7. The Bertz CT molecular complexity index is 946. The number of rotatable bonds is 5. The van der Waals surface area contributed by atoms with Gasteiger partial charge >= 0.3 is 11.9 Å². The molecular formula is C22H22N4O4. The Hall–Kier alpha value is -3.35. The number of carbonyl (C=O) groups excluding carboxylic acids is 2. The molecule has 4 atom stereocenters. The van der Waals surface area contributed by atoms with Crippen molar-refractivity contribution in [3.8, 4) is 0 Å². The fourth-order valence-corrected chi connectivity index (χ4v) is 4.16. The Kier molecular flexibility index (Phi) is 5.97. The third-order valence-electron chi connectivity index (χ3n) is 5.63. The molecule has 0 amide bonds. The van der Waals surface area contributed by atoms with Gasteiger partial charge in [-0.15, -0.1) is 0 Å². The number of fused-ring (bicyclic) bond motifs is 1. The summed E-state index contributed by atoms with van der Waals surface area (Å²) in [5.74, 6) is -0.915. The Labute approximate surface area is 174 Å². The van der Waals surface area contributed by atoms with Crippen LogP contribution in [0.5, 0.6) is 0 Å². The fourth-order valence-electron chi connectivity index (χ4n) is 4.16. The molecule has 4 rings (SSSR count). The predicted octanol–water partition coefficient (Wildman–Crippen LogP) is 3.59. The van der Waals surface area contributed by atoms with Gasteiger partial charge in [0.05, 0.1) is 17.2 Å². The van der Waals surface area contributed by atoms with Gasteiger partial charge in [-0.2, -0.15) is 0 Å². The molecule has 2 aromatic rings. The van der Waals surface area contributed by atoms with E-state index in [9.17, 15) is 9.59 Å². The topological polar surface area (TPSA) is 105 Å². The Morgan fingerprint density at radius 1 is 0.967 bits per heavy atom. The minimum absolute atomic E-state index is 0.169. The molecule has 0 aliphatic carbocycles. The van der Waals surface area contributed by atoms with Crippen molar-refractivity contribution in [1.82, 2.24) is 4.90 Å². The molecule has 0 bridgehead atoms. The lowest BCUT2D eigenvalue weighted by atomic mass is 9.96. The van der Waals surface area contributed by atoms with Gasteiger partial charge in [0.1, 0.15) is 0 Å². The van der Waals surface area contributed by atoms with E-state index in [1.807, 2.05) is 12.1 Å². The summed E-state index contributed by atoms with van der Waals surface area (Å²) in [6, 6.07) is 17.1. The van der Waals surface area contributed by atoms with E-state index in [1.54, 1.807) is 48.5 Å². The van der Waals surface area contributed by atoms with Gasteiger partial charge in [-0.25, -0.2) is 9.59 Å². The van der Waals surface area contributed by atoms with Crippen LogP contribution in [-0.2, 0) is 9.47 Å². The highest BCUT2D eigenvalue weighted by molar-refractivity contribution is 5.90. The first-order valence-corrected chi connectivity index (χ1v) is 9.96. The molecule has 154 valence electrons. The van der Waals surface area contributed by atoms with Crippen molar-refractivity contribution in [2.24, 2.45) is 5.11 Å². The molecule has 0 N–H and O–H groups in total. The number of azide groups is 1. The number of carbonyl (C=O) groups is 2. The minimum Gasteiger partial charge on any atom is -0.453 e. The molecule has 2 heterocycles. The number of esters is 2. The maximum Gasteiger partial charge on any atom is 0.338 e. The molecule has 0 aromatic heterocycles. The third kappa shape index (κ3) is 4.30. The summed E-state index contributed by atoms with van der Waals surface area (Å²) in [6.07, 6.45) is 0.0392. The van der Waals surface area contributed by atoms with Crippen molar-refractivity contribution in [1.29, 1.82) is 0 Å². The summed E-state index contributed by atoms with van der Waals surface area (Å²) in [4.78, 5) is 30.4. The van der Waals surface area contributed by atoms with Gasteiger partial charge in [0.2, 0.25) is 0 Å². The summed E-state index contributed by atoms with van der Waals surface area (Å²) >= 11 is 0. The summed E-state index contributed by atoms with van der Waals surface area (Å²) in [7, 11) is 0. The maximum absolute atomic E-state index is 12.7. The zero-order chi connectivity index (χ0) is 20.9. The average molecular weight is 406 g/mol. The molecular weight excluding hydrogens is 384 g/mol. The molecule has 2 aliphatic heterocycles. The molecule has 0 spiro atoms. The Morgan fingerprint density at radius 2 is 1.57 bits per heavy atom. The van der Waals surface area contributed by atoms with Gasteiger partial charge < -0.3 is 9.47 Å². The number of benzene rings is 2. The molecule has 30 heavy (non-hydrogen) atoms. The van der Waals surface area contributed by atoms with Crippen molar-refractivity contribution in [3.05, 3.63) is 82.2 Å². The quantitative estimate of drug-likeness (QED) is 0.327. The maximum atomic E-state index is 12.7. The van der Waals surface area contributed by atoms with Gasteiger partial charge in [-0.3, -0.25) is 4.90 Å². The van der Waals surface area contributed by atoms with E-state index >= 15 is 0 Å². The third-order valence-corrected chi connectivity index (χ3v) is 5.63. The second-order valence-electron chi connectivity index (χ2n) is 7.49. The van der Waals surface area contributed by atoms with Crippen LogP contribution >= 0.6 is 0 Å². The smallest absolute Gasteiger partial charge is 0.338 e. The standard InChI is InChI=1S/C22H22N4O4/c23-25-24-17-11-12-26-14-19(29-21(27)15-7-3-1-4-8-15)20(18(26)13-17)30-22(28)16-9-5-2-6-10-16/h1-10,17-20H,11-14H2/t17-,18-,19-,20-/m0/s1. The highest BCUT2D eigenvalue weighted by Crippen LogP contribution is 2.33. The molecule has 8 nitrogen and oxygen atoms in total. The van der Waals surface area contributed by atoms with E-state index < -0.39 is 24.1 Å². The van der Waals surface area contributed by atoms with Crippen LogP contribution in [0.1, 0.15) is 33.6 Å². The summed E-state index contributed by atoms with van der Waals surface area (Å²) in [5.41, 5.74) is 9.69. The zero-order valence-electron chi connectivity index (χ0n) is 16.3. The fraction of sp³-hybridized carbons (Fsp3) is 0.364. The summed E-state index contributed by atoms with van der Waals surface area (Å²) in [6.45, 7) is 1.16. The van der Waals surface area contributed by atoms with E-state index in [4.69, 9.17) is 15.0 Å². The predicted molar refractivity (Wildman–Crippen MR) is 109 cm³/mol. The van der Waals surface area contributed by atoms with E-state index in [0.29, 0.717) is 30.6 Å². The van der Waals surface area contributed by atoms with E-state index in [1.165, 1.54) is 0 Å². The van der Waals surface area contributed by atoms with Crippen molar-refractivity contribution in [2.75, 3.05) is 13.1 Å². The summed E-state index contributed by atoms with van der Waals surface area (Å²) in [5, 5.41) is 3.86. The number of nitrogens with zero attached hydrogens (tertiary/aromatic N) is 4. The Morgan fingerprint density at radius 3 is 2.17 bits per heavy atom. The lowest BCUT2D eigenvalue weighted by Crippen LogP contribution is -2.45. The molecule has 8 heteroatoms. The number of piperidine rings is 1. The minimum atomic E-state index is -0.637. The van der Waals surface area contributed by atoms with Crippen LogP contribution in [0.15, 0.2) is 65.8 Å². The van der Waals surface area contributed by atoms with Crippen LogP contribution in [-0.4, -0.2) is 54.2 Å². The zero-order valence-corrected chi connectivity index (χ0v) is 16.3. The van der Waals surface area contributed by atoms with Crippen LogP contribution in [0.25, 0.3) is 10.4 Å². The van der Waals surface area contributed by atoms with Crippen LogP contribution in [0.2, 0.25) is 0 Å². The van der Waals surface area contributed by atoms with Crippen molar-refractivity contribution < 1.29 is 19.1 Å². The van der Waals surface area contributed by atoms with E-state index in [0.717, 1.165) is 6.42 Å². The highest BCUT2D eigenvalue weighted by atomic mass is 16.6. The van der Waals surface area contributed by atoms with Gasteiger partial charge in [0.15, 0.2) is 12.2 Å². The molecule has 2 aliphatic rings. The second kappa shape index (κ2) is 8.98. The van der Waals surface area contributed by atoms with Crippen molar-refractivity contribution in [2.45, 2.75) is 37.1 Å². The lowest BCUT2D eigenvalue weighted by Gasteiger charge is -2.34. The van der Waals surface area contributed by atoms with Gasteiger partial charge in [-0.05, 0) is 49.2 Å². The monoisotopic (exact) mass is 406 g/mol.